The van der Waals surface area contributed by atoms with E-state index < -0.39 is 0 Å². The maximum atomic E-state index is 12.6. The van der Waals surface area contributed by atoms with E-state index in [1.54, 1.807) is 12.4 Å². The number of hydrogen-bond acceptors (Lipinski definition) is 4. The highest BCUT2D eigenvalue weighted by Gasteiger charge is 2.36. The van der Waals surface area contributed by atoms with Crippen molar-refractivity contribution in [2.24, 2.45) is 5.92 Å². The second kappa shape index (κ2) is 8.45. The molecule has 1 aliphatic carbocycles. The van der Waals surface area contributed by atoms with Gasteiger partial charge in [-0.15, -0.1) is 0 Å². The van der Waals surface area contributed by atoms with Crippen molar-refractivity contribution in [1.82, 2.24) is 19.8 Å². The Bertz CT molecular complexity index is 563. The van der Waals surface area contributed by atoms with Crippen LogP contribution in [0.1, 0.15) is 58.1 Å². The quantitative estimate of drug-likeness (QED) is 0.742. The average molecular weight is 365 g/mol. The Labute approximate surface area is 155 Å². The first-order valence-corrected chi connectivity index (χ1v) is 10.0. The maximum Gasteiger partial charge on any atom is 0.225 e. The Hall–Kier alpha value is -1.20. The molecule has 2 heterocycles. The van der Waals surface area contributed by atoms with Gasteiger partial charge in [0.05, 0.1) is 18.1 Å². The van der Waals surface area contributed by atoms with Crippen LogP contribution in [0.25, 0.3) is 0 Å². The Morgan fingerprint density at radius 3 is 2.32 bits per heavy atom. The van der Waals surface area contributed by atoms with E-state index in [4.69, 9.17) is 11.6 Å². The minimum atomic E-state index is 0.195. The van der Waals surface area contributed by atoms with Crippen molar-refractivity contribution in [1.29, 1.82) is 0 Å². The molecule has 1 aliphatic heterocycles. The Morgan fingerprint density at radius 1 is 1.16 bits per heavy atom. The molecule has 0 radical (unpaired) electrons. The first-order chi connectivity index (χ1) is 12.1. The van der Waals surface area contributed by atoms with Crippen LogP contribution in [0.4, 0.5) is 0 Å². The van der Waals surface area contributed by atoms with E-state index in [1.165, 1.54) is 12.8 Å². The predicted octanol–water partition coefficient (Wildman–Crippen LogP) is 3.52. The summed E-state index contributed by atoms with van der Waals surface area (Å²) in [5.41, 5.74) is 0.979. The minimum Gasteiger partial charge on any atom is -0.342 e. The highest BCUT2D eigenvalue weighted by atomic mass is 35.5. The molecule has 0 N–H and O–H groups in total. The molecule has 2 fully saturated rings. The van der Waals surface area contributed by atoms with Crippen LogP contribution in [0, 0.1) is 5.92 Å². The van der Waals surface area contributed by atoms with Crippen molar-refractivity contribution < 1.29 is 4.79 Å². The lowest BCUT2D eigenvalue weighted by atomic mass is 9.97. The third-order valence-corrected chi connectivity index (χ3v) is 5.81. The topological polar surface area (TPSA) is 49.3 Å². The van der Waals surface area contributed by atoms with Crippen molar-refractivity contribution in [3.63, 3.8) is 0 Å². The minimum absolute atomic E-state index is 0.195. The summed E-state index contributed by atoms with van der Waals surface area (Å²) in [6, 6.07) is 1.21. The summed E-state index contributed by atoms with van der Waals surface area (Å²) in [4.78, 5) is 25.8. The van der Waals surface area contributed by atoms with Gasteiger partial charge in [0.2, 0.25) is 5.91 Å². The number of hydrogen-bond donors (Lipinski definition) is 0. The van der Waals surface area contributed by atoms with Gasteiger partial charge in [0, 0.05) is 37.6 Å². The summed E-state index contributed by atoms with van der Waals surface area (Å²) in [7, 11) is 0. The van der Waals surface area contributed by atoms with E-state index in [9.17, 15) is 4.79 Å². The van der Waals surface area contributed by atoms with Gasteiger partial charge in [-0.1, -0.05) is 25.4 Å². The Balaban J connectivity index is 1.57. The number of nitrogens with zero attached hydrogens (tertiary/aromatic N) is 4. The van der Waals surface area contributed by atoms with Crippen LogP contribution < -0.4 is 0 Å². The molecule has 1 aromatic rings. The fourth-order valence-electron chi connectivity index (χ4n) is 3.88. The van der Waals surface area contributed by atoms with E-state index in [-0.39, 0.29) is 5.92 Å². The zero-order chi connectivity index (χ0) is 17.8. The summed E-state index contributed by atoms with van der Waals surface area (Å²) in [5.74, 6) is 0.547. The number of likely N-dealkylation sites (tertiary alicyclic amines) is 1. The van der Waals surface area contributed by atoms with Gasteiger partial charge in [-0.05, 0) is 38.5 Å². The van der Waals surface area contributed by atoms with E-state index in [0.717, 1.165) is 51.0 Å². The summed E-state index contributed by atoms with van der Waals surface area (Å²) in [6.45, 7) is 6.83. The van der Waals surface area contributed by atoms with Crippen LogP contribution in [0.3, 0.4) is 0 Å². The molecular weight excluding hydrogens is 336 g/mol. The highest BCUT2D eigenvalue weighted by Crippen LogP contribution is 2.33. The third kappa shape index (κ3) is 4.70. The molecule has 0 bridgehead atoms. The predicted molar refractivity (Wildman–Crippen MR) is 99.3 cm³/mol. The van der Waals surface area contributed by atoms with Crippen LogP contribution >= 0.6 is 11.6 Å². The molecule has 0 spiro atoms. The van der Waals surface area contributed by atoms with E-state index >= 15 is 0 Å². The molecular formula is C19H29ClN4O. The zero-order valence-corrected chi connectivity index (χ0v) is 16.1. The highest BCUT2D eigenvalue weighted by molar-refractivity contribution is 6.29. The Morgan fingerprint density at radius 2 is 1.80 bits per heavy atom. The van der Waals surface area contributed by atoms with Crippen molar-refractivity contribution in [2.45, 2.75) is 71.0 Å². The lowest BCUT2D eigenvalue weighted by Crippen LogP contribution is -2.48. The number of rotatable bonds is 7. The summed E-state index contributed by atoms with van der Waals surface area (Å²) in [6.07, 6.45) is 9.95. The molecule has 2 aliphatic rings. The number of carbonyl (C=O) groups excluding carboxylic acids is 1. The van der Waals surface area contributed by atoms with Crippen LogP contribution in [0.2, 0.25) is 5.15 Å². The molecule has 0 aromatic carbocycles. The molecule has 0 atom stereocenters. The van der Waals surface area contributed by atoms with Crippen LogP contribution in [-0.4, -0.2) is 50.8 Å². The number of carbonyl (C=O) groups is 1. The normalized spacial score (nSPS) is 19.0. The van der Waals surface area contributed by atoms with Gasteiger partial charge in [-0.2, -0.15) is 0 Å². The van der Waals surface area contributed by atoms with Gasteiger partial charge >= 0.3 is 0 Å². The molecule has 25 heavy (non-hydrogen) atoms. The monoisotopic (exact) mass is 364 g/mol. The van der Waals surface area contributed by atoms with Gasteiger partial charge in [0.1, 0.15) is 5.15 Å². The van der Waals surface area contributed by atoms with Gasteiger partial charge < -0.3 is 4.90 Å². The maximum absolute atomic E-state index is 12.6. The van der Waals surface area contributed by atoms with Crippen LogP contribution in [0.5, 0.6) is 0 Å². The molecule has 1 saturated carbocycles. The van der Waals surface area contributed by atoms with E-state index in [2.05, 4.69) is 33.6 Å². The zero-order valence-electron chi connectivity index (χ0n) is 15.3. The lowest BCUT2D eigenvalue weighted by molar-refractivity contribution is -0.137. The third-order valence-electron chi connectivity index (χ3n) is 5.61. The number of aromatic nitrogens is 2. The average Bonchev–Trinajstić information content (AvgIpc) is 3.47. The largest absolute Gasteiger partial charge is 0.342 e. The van der Waals surface area contributed by atoms with Crippen molar-refractivity contribution >= 4 is 17.5 Å². The first kappa shape index (κ1) is 18.6. The second-order valence-electron chi connectivity index (χ2n) is 7.30. The fraction of sp³-hybridized carbons (Fsp3) is 0.737. The summed E-state index contributed by atoms with van der Waals surface area (Å²) in [5, 5.41) is 0.440. The molecule has 138 valence electrons. The van der Waals surface area contributed by atoms with Crippen molar-refractivity contribution in [3.8, 4) is 0 Å². The van der Waals surface area contributed by atoms with Crippen LogP contribution in [0.15, 0.2) is 12.4 Å². The molecule has 6 heteroatoms. The SMILES string of the molecule is CCC(CC)C(=O)N1CCC(N(Cc2cnc(Cl)cn2)C2CC2)CC1. The first-order valence-electron chi connectivity index (χ1n) is 9.63. The molecule has 1 aromatic heterocycles. The Kier molecular flexibility index (Phi) is 6.29. The molecule has 0 unspecified atom stereocenters. The van der Waals surface area contributed by atoms with Gasteiger partial charge in [-0.3, -0.25) is 14.7 Å². The van der Waals surface area contributed by atoms with Crippen molar-refractivity contribution in [3.05, 3.63) is 23.2 Å². The molecule has 3 rings (SSSR count). The molecule has 1 amide bonds. The number of piperidine rings is 1. The number of amides is 1. The fourth-order valence-corrected chi connectivity index (χ4v) is 3.98. The molecule has 5 nitrogen and oxygen atoms in total. The summed E-state index contributed by atoms with van der Waals surface area (Å²) < 4.78 is 0. The molecule has 1 saturated heterocycles. The van der Waals surface area contributed by atoms with E-state index in [1.807, 2.05) is 0 Å². The van der Waals surface area contributed by atoms with Gasteiger partial charge in [0.25, 0.3) is 0 Å². The van der Waals surface area contributed by atoms with Gasteiger partial charge in [0.15, 0.2) is 0 Å². The standard InChI is InChI=1S/C19H29ClN4O/c1-3-14(4-2)19(25)23-9-7-17(8-10-23)24(16-5-6-16)13-15-11-22-18(20)12-21-15/h11-12,14,16-17H,3-10,13H2,1-2H3. The second-order valence-corrected chi connectivity index (χ2v) is 7.69. The lowest BCUT2D eigenvalue weighted by Gasteiger charge is -2.39. The number of halogens is 1. The van der Waals surface area contributed by atoms with Crippen LogP contribution in [-0.2, 0) is 11.3 Å². The summed E-state index contributed by atoms with van der Waals surface area (Å²) >= 11 is 5.84. The van der Waals surface area contributed by atoms with E-state index in [0.29, 0.717) is 23.1 Å². The van der Waals surface area contributed by atoms with Gasteiger partial charge in [-0.25, -0.2) is 4.98 Å². The smallest absolute Gasteiger partial charge is 0.225 e. The van der Waals surface area contributed by atoms with Crippen molar-refractivity contribution in [2.75, 3.05) is 13.1 Å².